The SMILES string of the molecule is O=C(O)c1ccc([N+](=O)[O-])c(NCCC2CCCC2)n1. The highest BCUT2D eigenvalue weighted by molar-refractivity contribution is 5.86. The zero-order valence-corrected chi connectivity index (χ0v) is 11.0. The number of nitrogens with zero attached hydrogens (tertiary/aromatic N) is 2. The molecule has 0 bridgehead atoms. The van der Waals surface area contributed by atoms with E-state index in [-0.39, 0.29) is 17.2 Å². The van der Waals surface area contributed by atoms with Gasteiger partial charge in [0.1, 0.15) is 0 Å². The average molecular weight is 279 g/mol. The lowest BCUT2D eigenvalue weighted by Crippen LogP contribution is -2.11. The molecule has 20 heavy (non-hydrogen) atoms. The van der Waals surface area contributed by atoms with E-state index >= 15 is 0 Å². The number of nitrogens with one attached hydrogen (secondary N) is 1. The number of hydrogen-bond acceptors (Lipinski definition) is 5. The zero-order valence-electron chi connectivity index (χ0n) is 11.0. The monoisotopic (exact) mass is 279 g/mol. The minimum atomic E-state index is -1.20. The number of rotatable bonds is 6. The van der Waals surface area contributed by atoms with E-state index in [9.17, 15) is 14.9 Å². The smallest absolute Gasteiger partial charge is 0.354 e. The van der Waals surface area contributed by atoms with Crippen molar-refractivity contribution < 1.29 is 14.8 Å². The fourth-order valence-corrected chi connectivity index (χ4v) is 2.54. The van der Waals surface area contributed by atoms with Crippen LogP contribution in [0.2, 0.25) is 0 Å². The minimum absolute atomic E-state index is 0.0351. The summed E-state index contributed by atoms with van der Waals surface area (Å²) in [6.45, 7) is 0.571. The van der Waals surface area contributed by atoms with Crippen molar-refractivity contribution in [3.8, 4) is 0 Å². The van der Waals surface area contributed by atoms with Gasteiger partial charge in [-0.25, -0.2) is 9.78 Å². The molecule has 1 aliphatic rings. The molecule has 2 N–H and O–H groups in total. The van der Waals surface area contributed by atoms with Crippen LogP contribution >= 0.6 is 0 Å². The maximum absolute atomic E-state index is 10.9. The quantitative estimate of drug-likeness (QED) is 0.612. The molecule has 1 aromatic rings. The molecule has 0 unspecified atom stereocenters. The van der Waals surface area contributed by atoms with Gasteiger partial charge in [-0.2, -0.15) is 0 Å². The van der Waals surface area contributed by atoms with E-state index in [1.165, 1.54) is 31.7 Å². The predicted molar refractivity (Wildman–Crippen MR) is 72.9 cm³/mol. The van der Waals surface area contributed by atoms with Gasteiger partial charge in [-0.05, 0) is 18.4 Å². The van der Waals surface area contributed by atoms with Crippen molar-refractivity contribution in [2.45, 2.75) is 32.1 Å². The van der Waals surface area contributed by atoms with E-state index in [1.54, 1.807) is 0 Å². The van der Waals surface area contributed by atoms with Crippen molar-refractivity contribution in [3.63, 3.8) is 0 Å². The first-order chi connectivity index (χ1) is 9.58. The van der Waals surface area contributed by atoms with Gasteiger partial charge in [-0.1, -0.05) is 25.7 Å². The first kappa shape index (κ1) is 14.2. The van der Waals surface area contributed by atoms with Crippen LogP contribution in [-0.4, -0.2) is 27.5 Å². The lowest BCUT2D eigenvalue weighted by atomic mass is 10.0. The third-order valence-corrected chi connectivity index (χ3v) is 3.61. The highest BCUT2D eigenvalue weighted by Crippen LogP contribution is 2.28. The minimum Gasteiger partial charge on any atom is -0.477 e. The van der Waals surface area contributed by atoms with Crippen molar-refractivity contribution >= 4 is 17.5 Å². The number of carbonyl (C=O) groups is 1. The van der Waals surface area contributed by atoms with Crippen molar-refractivity contribution in [3.05, 3.63) is 27.9 Å². The van der Waals surface area contributed by atoms with Gasteiger partial charge in [-0.3, -0.25) is 10.1 Å². The van der Waals surface area contributed by atoms with E-state index in [1.807, 2.05) is 0 Å². The number of carboxylic acid groups (broad SMARTS) is 1. The van der Waals surface area contributed by atoms with Gasteiger partial charge in [0.2, 0.25) is 5.82 Å². The summed E-state index contributed by atoms with van der Waals surface area (Å²) >= 11 is 0. The molecule has 2 rings (SSSR count). The van der Waals surface area contributed by atoms with Gasteiger partial charge in [0.05, 0.1) is 4.92 Å². The van der Waals surface area contributed by atoms with Gasteiger partial charge >= 0.3 is 11.7 Å². The highest BCUT2D eigenvalue weighted by atomic mass is 16.6. The molecule has 1 aliphatic carbocycles. The Labute approximate surface area is 116 Å². The number of nitro groups is 1. The summed E-state index contributed by atoms with van der Waals surface area (Å²) in [6.07, 6.45) is 5.82. The van der Waals surface area contributed by atoms with Crippen LogP contribution in [0.5, 0.6) is 0 Å². The summed E-state index contributed by atoms with van der Waals surface area (Å²) in [4.78, 5) is 25.0. The summed E-state index contributed by atoms with van der Waals surface area (Å²) in [5.74, 6) is -0.504. The molecule has 0 aromatic carbocycles. The second-order valence-corrected chi connectivity index (χ2v) is 4.99. The Balaban J connectivity index is 2.04. The van der Waals surface area contributed by atoms with Gasteiger partial charge < -0.3 is 10.4 Å². The van der Waals surface area contributed by atoms with E-state index in [0.29, 0.717) is 12.5 Å². The number of anilines is 1. The fourth-order valence-electron chi connectivity index (χ4n) is 2.54. The van der Waals surface area contributed by atoms with Gasteiger partial charge in [-0.15, -0.1) is 0 Å². The van der Waals surface area contributed by atoms with Crippen molar-refractivity contribution in [1.29, 1.82) is 0 Å². The van der Waals surface area contributed by atoms with E-state index < -0.39 is 10.9 Å². The summed E-state index contributed by atoms with van der Waals surface area (Å²) < 4.78 is 0. The normalized spacial score (nSPS) is 15.2. The third-order valence-electron chi connectivity index (χ3n) is 3.61. The molecule has 0 amide bonds. The number of hydrogen-bond donors (Lipinski definition) is 2. The molecule has 0 spiro atoms. The van der Waals surface area contributed by atoms with Crippen molar-refractivity contribution in [2.24, 2.45) is 5.92 Å². The Kier molecular flexibility index (Phi) is 4.49. The fraction of sp³-hybridized carbons (Fsp3) is 0.538. The van der Waals surface area contributed by atoms with Crippen LogP contribution in [0.25, 0.3) is 0 Å². The molecular formula is C13H17N3O4. The second-order valence-electron chi connectivity index (χ2n) is 4.99. The first-order valence-electron chi connectivity index (χ1n) is 6.70. The zero-order chi connectivity index (χ0) is 14.5. The number of aromatic nitrogens is 1. The van der Waals surface area contributed by atoms with E-state index in [2.05, 4.69) is 10.3 Å². The molecule has 0 atom stereocenters. The standard InChI is InChI=1S/C13H17N3O4/c17-13(18)10-5-6-11(16(19)20)12(15-10)14-8-7-9-3-1-2-4-9/h5-6,9H,1-4,7-8H2,(H,14,15)(H,17,18). The summed E-state index contributed by atoms with van der Waals surface area (Å²) in [5.41, 5.74) is -0.389. The van der Waals surface area contributed by atoms with Gasteiger partial charge in [0.25, 0.3) is 0 Å². The molecule has 1 aromatic heterocycles. The number of carboxylic acids is 1. The number of aromatic carboxylic acids is 1. The molecular weight excluding hydrogens is 262 g/mol. The van der Waals surface area contributed by atoms with E-state index in [4.69, 9.17) is 5.11 Å². The third kappa shape index (κ3) is 3.43. The van der Waals surface area contributed by atoms with Crippen LogP contribution in [0.1, 0.15) is 42.6 Å². The molecule has 0 radical (unpaired) electrons. The summed E-state index contributed by atoms with van der Waals surface area (Å²) in [6, 6.07) is 2.32. The highest BCUT2D eigenvalue weighted by Gasteiger charge is 2.19. The van der Waals surface area contributed by atoms with Crippen molar-refractivity contribution in [1.82, 2.24) is 4.98 Å². The van der Waals surface area contributed by atoms with Crippen LogP contribution in [-0.2, 0) is 0 Å². The predicted octanol–water partition coefficient (Wildman–Crippen LogP) is 2.68. The van der Waals surface area contributed by atoms with Crippen LogP contribution in [0.3, 0.4) is 0 Å². The largest absolute Gasteiger partial charge is 0.477 e. The lowest BCUT2D eigenvalue weighted by Gasteiger charge is -2.10. The molecule has 7 heteroatoms. The molecule has 1 fully saturated rings. The molecule has 0 saturated heterocycles. The van der Waals surface area contributed by atoms with Crippen LogP contribution < -0.4 is 5.32 Å². The van der Waals surface area contributed by atoms with Crippen LogP contribution in [0.15, 0.2) is 12.1 Å². The lowest BCUT2D eigenvalue weighted by molar-refractivity contribution is -0.384. The molecule has 7 nitrogen and oxygen atoms in total. The number of pyridine rings is 1. The first-order valence-corrected chi connectivity index (χ1v) is 6.70. The maximum atomic E-state index is 10.9. The Bertz CT molecular complexity index is 512. The average Bonchev–Trinajstić information content (AvgIpc) is 2.91. The Morgan fingerprint density at radius 2 is 2.15 bits per heavy atom. The molecule has 108 valence electrons. The maximum Gasteiger partial charge on any atom is 0.354 e. The van der Waals surface area contributed by atoms with Gasteiger partial charge in [0, 0.05) is 12.6 Å². The second kappa shape index (κ2) is 6.31. The van der Waals surface area contributed by atoms with Gasteiger partial charge in [0.15, 0.2) is 5.69 Å². The topological polar surface area (TPSA) is 105 Å². The van der Waals surface area contributed by atoms with Crippen LogP contribution in [0.4, 0.5) is 11.5 Å². The van der Waals surface area contributed by atoms with Crippen LogP contribution in [0, 0.1) is 16.0 Å². The molecule has 0 aliphatic heterocycles. The summed E-state index contributed by atoms with van der Waals surface area (Å²) in [7, 11) is 0. The molecule has 1 saturated carbocycles. The van der Waals surface area contributed by atoms with Crippen molar-refractivity contribution in [2.75, 3.05) is 11.9 Å². The Morgan fingerprint density at radius 3 is 2.75 bits per heavy atom. The van der Waals surface area contributed by atoms with E-state index in [0.717, 1.165) is 12.5 Å². The molecule has 1 heterocycles. The summed E-state index contributed by atoms with van der Waals surface area (Å²) in [5, 5.41) is 22.7. The Hall–Kier alpha value is -2.18. The Morgan fingerprint density at radius 1 is 1.45 bits per heavy atom.